The van der Waals surface area contributed by atoms with Crippen LogP contribution in [-0.2, 0) is 9.59 Å². The fraction of sp³-hybridized carbons (Fsp3) is 0.929. The van der Waals surface area contributed by atoms with Crippen molar-refractivity contribution in [3.8, 4) is 0 Å². The van der Waals surface area contributed by atoms with Gasteiger partial charge in [0.1, 0.15) is 0 Å². The second kappa shape index (κ2) is 6.33. The monoisotopic (exact) mass is 438 g/mol. The Morgan fingerprint density at radius 2 is 0.938 bits per heavy atom. The molecule has 8 aliphatic carbocycles. The molecule has 4 heteroatoms. The van der Waals surface area contributed by atoms with Crippen molar-refractivity contribution in [2.75, 3.05) is 13.1 Å². The van der Waals surface area contributed by atoms with Crippen LogP contribution in [0.4, 0.5) is 0 Å². The number of carbonyl (C=O) groups is 2. The van der Waals surface area contributed by atoms with Gasteiger partial charge in [0, 0.05) is 13.1 Å². The number of rotatable bonds is 2. The molecule has 9 rings (SSSR count). The molecule has 0 aromatic carbocycles. The van der Waals surface area contributed by atoms with E-state index >= 15 is 0 Å². The van der Waals surface area contributed by atoms with Crippen LogP contribution in [0.15, 0.2) is 0 Å². The highest BCUT2D eigenvalue weighted by molar-refractivity contribution is 5.89. The number of amides is 2. The topological polar surface area (TPSA) is 40.6 Å². The molecule has 32 heavy (non-hydrogen) atoms. The molecule has 0 N–H and O–H groups in total. The third kappa shape index (κ3) is 2.79. The van der Waals surface area contributed by atoms with Crippen molar-refractivity contribution in [2.45, 2.75) is 104 Å². The maximum atomic E-state index is 14.3. The van der Waals surface area contributed by atoms with Crippen molar-refractivity contribution >= 4 is 11.8 Å². The molecule has 8 saturated carbocycles. The van der Waals surface area contributed by atoms with Crippen LogP contribution >= 0.6 is 0 Å². The van der Waals surface area contributed by atoms with Gasteiger partial charge in [0.2, 0.25) is 11.8 Å². The zero-order valence-electron chi connectivity index (χ0n) is 20.3. The molecule has 176 valence electrons. The molecule has 0 radical (unpaired) electrons. The fourth-order valence-electron chi connectivity index (χ4n) is 11.7. The molecule has 4 atom stereocenters. The van der Waals surface area contributed by atoms with E-state index in [1.54, 1.807) is 0 Å². The van der Waals surface area contributed by atoms with Crippen LogP contribution in [0, 0.1) is 45.3 Å². The van der Waals surface area contributed by atoms with Gasteiger partial charge < -0.3 is 0 Å². The zero-order chi connectivity index (χ0) is 21.9. The molecule has 0 spiro atoms. The molecule has 0 aromatic rings. The average Bonchev–Trinajstić information content (AvgIpc) is 2.69. The molecule has 0 aromatic heterocycles. The molecule has 1 saturated heterocycles. The second-order valence-electron chi connectivity index (χ2n) is 14.7. The Balaban J connectivity index is 1.19. The molecular weight excluding hydrogens is 396 g/mol. The van der Waals surface area contributed by atoms with E-state index in [2.05, 4.69) is 13.8 Å². The van der Waals surface area contributed by atoms with Crippen molar-refractivity contribution in [2.24, 2.45) is 45.3 Å². The number of hydrogen-bond acceptors (Lipinski definition) is 2. The standard InChI is InChI=1S/C28H42N2O2/c1-25-9-19-7-20(10-25)14-27(13-19,17-25)23(31)29-5-3-4-6-30(29)24(32)28-15-21-8-22(16-28)12-26(2,11-21)18-28/h19-22H,3-18H2,1-2H3. The third-order valence-electron chi connectivity index (χ3n) is 11.4. The van der Waals surface area contributed by atoms with E-state index in [1.165, 1.54) is 38.5 Å². The summed E-state index contributed by atoms with van der Waals surface area (Å²) in [5.74, 6) is 3.62. The molecule has 8 bridgehead atoms. The minimum atomic E-state index is -0.178. The predicted molar refractivity (Wildman–Crippen MR) is 123 cm³/mol. The van der Waals surface area contributed by atoms with Gasteiger partial charge in [0.15, 0.2) is 0 Å². The van der Waals surface area contributed by atoms with Gasteiger partial charge in [-0.2, -0.15) is 0 Å². The predicted octanol–water partition coefficient (Wildman–Crippen LogP) is 5.57. The van der Waals surface area contributed by atoms with Crippen molar-refractivity contribution < 1.29 is 9.59 Å². The molecule has 2 amide bonds. The van der Waals surface area contributed by atoms with E-state index in [1.807, 2.05) is 10.0 Å². The average molecular weight is 439 g/mol. The second-order valence-corrected chi connectivity index (χ2v) is 14.7. The van der Waals surface area contributed by atoms with Crippen LogP contribution in [0.3, 0.4) is 0 Å². The summed E-state index contributed by atoms with van der Waals surface area (Å²) in [4.78, 5) is 28.7. The van der Waals surface area contributed by atoms with Crippen molar-refractivity contribution in [1.82, 2.24) is 10.0 Å². The first-order valence-electron chi connectivity index (χ1n) is 13.8. The highest BCUT2D eigenvalue weighted by atomic mass is 16.2. The lowest BCUT2D eigenvalue weighted by Gasteiger charge is -2.63. The summed E-state index contributed by atoms with van der Waals surface area (Å²) in [7, 11) is 0. The van der Waals surface area contributed by atoms with E-state index in [-0.39, 0.29) is 10.8 Å². The number of hydrogen-bond donors (Lipinski definition) is 0. The largest absolute Gasteiger partial charge is 0.272 e. The van der Waals surface area contributed by atoms with E-state index in [9.17, 15) is 9.59 Å². The Labute approximate surface area is 193 Å². The van der Waals surface area contributed by atoms with E-state index < -0.39 is 0 Å². The molecule has 4 nitrogen and oxygen atoms in total. The molecule has 4 unspecified atom stereocenters. The maximum absolute atomic E-state index is 14.3. The van der Waals surface area contributed by atoms with Crippen LogP contribution in [0.5, 0.6) is 0 Å². The molecule has 1 aliphatic heterocycles. The molecular formula is C28H42N2O2. The summed E-state index contributed by atoms with van der Waals surface area (Å²) in [6, 6.07) is 0. The van der Waals surface area contributed by atoms with Gasteiger partial charge in [-0.3, -0.25) is 19.6 Å². The lowest BCUT2D eigenvalue weighted by molar-refractivity contribution is -0.202. The van der Waals surface area contributed by atoms with Crippen molar-refractivity contribution in [3.05, 3.63) is 0 Å². The van der Waals surface area contributed by atoms with Gasteiger partial charge in [-0.15, -0.1) is 0 Å². The summed E-state index contributed by atoms with van der Waals surface area (Å²) in [6.45, 7) is 6.42. The van der Waals surface area contributed by atoms with Crippen LogP contribution in [0.25, 0.3) is 0 Å². The van der Waals surface area contributed by atoms with Gasteiger partial charge in [-0.05, 0) is 124 Å². The van der Waals surface area contributed by atoms with Gasteiger partial charge in [-0.1, -0.05) is 13.8 Å². The smallest absolute Gasteiger partial charge is 0.247 e. The van der Waals surface area contributed by atoms with Crippen LogP contribution in [-0.4, -0.2) is 34.9 Å². The SMILES string of the molecule is CC12CC3CC(C1)CC(C(=O)N1CCCCN1C(=O)C14CC5CC(CC(C)(C5)C1)C4)(C3)C2. The van der Waals surface area contributed by atoms with Crippen LogP contribution < -0.4 is 0 Å². The lowest BCUT2D eigenvalue weighted by Crippen LogP contribution is -2.65. The minimum Gasteiger partial charge on any atom is -0.272 e. The lowest BCUT2D eigenvalue weighted by atomic mass is 9.44. The van der Waals surface area contributed by atoms with E-state index in [0.717, 1.165) is 88.1 Å². The first-order chi connectivity index (χ1) is 15.2. The summed E-state index contributed by atoms with van der Waals surface area (Å²) in [5.41, 5.74) is 0.363. The van der Waals surface area contributed by atoms with Crippen LogP contribution in [0.1, 0.15) is 104 Å². The van der Waals surface area contributed by atoms with Crippen LogP contribution in [0.2, 0.25) is 0 Å². The number of carbonyl (C=O) groups excluding carboxylic acids is 2. The van der Waals surface area contributed by atoms with Gasteiger partial charge in [0.05, 0.1) is 10.8 Å². The zero-order valence-corrected chi connectivity index (χ0v) is 20.3. The molecule has 9 aliphatic rings. The van der Waals surface area contributed by atoms with Gasteiger partial charge in [0.25, 0.3) is 0 Å². The van der Waals surface area contributed by atoms with Gasteiger partial charge in [-0.25, -0.2) is 0 Å². The Morgan fingerprint density at radius 1 is 0.594 bits per heavy atom. The normalized spacial score (nSPS) is 53.2. The summed E-state index contributed by atoms with van der Waals surface area (Å²) in [6.07, 6.45) is 16.6. The highest BCUT2D eigenvalue weighted by Crippen LogP contribution is 2.67. The Bertz CT molecular complexity index is 765. The molecule has 1 heterocycles. The summed E-state index contributed by atoms with van der Waals surface area (Å²) < 4.78 is 0. The summed E-state index contributed by atoms with van der Waals surface area (Å²) in [5, 5.41) is 4.03. The maximum Gasteiger partial charge on any atom is 0.247 e. The van der Waals surface area contributed by atoms with Gasteiger partial charge >= 0.3 is 0 Å². The number of hydrazine groups is 1. The van der Waals surface area contributed by atoms with Crippen molar-refractivity contribution in [1.29, 1.82) is 0 Å². The highest BCUT2D eigenvalue weighted by Gasteiger charge is 2.63. The number of nitrogens with zero attached hydrogens (tertiary/aromatic N) is 2. The Kier molecular flexibility index (Phi) is 4.02. The first-order valence-corrected chi connectivity index (χ1v) is 13.8. The first kappa shape index (κ1) is 20.3. The quantitative estimate of drug-likeness (QED) is 0.566. The van der Waals surface area contributed by atoms with Crippen molar-refractivity contribution in [3.63, 3.8) is 0 Å². The van der Waals surface area contributed by atoms with E-state index in [4.69, 9.17) is 0 Å². The fourth-order valence-corrected chi connectivity index (χ4v) is 11.7. The summed E-state index contributed by atoms with van der Waals surface area (Å²) >= 11 is 0. The third-order valence-corrected chi connectivity index (χ3v) is 11.4. The Morgan fingerprint density at radius 3 is 1.25 bits per heavy atom. The van der Waals surface area contributed by atoms with E-state index in [0.29, 0.717) is 22.6 Å². The Hall–Kier alpha value is -1.06. The molecule has 9 fully saturated rings. The minimum absolute atomic E-state index is 0.178.